The van der Waals surface area contributed by atoms with Crippen LogP contribution in [0.3, 0.4) is 0 Å². The SMILES string of the molecule is CC1=CCc2c(cc3oc(C)cc(=O)c3c2O)OC1.CN(C)CCCOC1C(C(O)CO)OC2OC(C)(C)OC21.Cl. The molecule has 2 fully saturated rings. The summed E-state index contributed by atoms with van der Waals surface area (Å²) >= 11 is 0. The van der Waals surface area contributed by atoms with E-state index in [1.165, 1.54) is 6.07 Å². The van der Waals surface area contributed by atoms with Gasteiger partial charge in [-0.1, -0.05) is 6.08 Å². The number of benzene rings is 1. The van der Waals surface area contributed by atoms with Gasteiger partial charge in [-0.3, -0.25) is 4.79 Å². The van der Waals surface area contributed by atoms with Crippen molar-refractivity contribution in [2.45, 2.75) is 77.0 Å². The van der Waals surface area contributed by atoms with Crippen molar-refractivity contribution in [2.24, 2.45) is 0 Å². The first-order valence-electron chi connectivity index (χ1n) is 13.5. The van der Waals surface area contributed by atoms with Gasteiger partial charge in [0.15, 0.2) is 17.5 Å². The highest BCUT2D eigenvalue weighted by Gasteiger charge is 2.56. The van der Waals surface area contributed by atoms with E-state index in [1.807, 2.05) is 40.9 Å². The van der Waals surface area contributed by atoms with Gasteiger partial charge < -0.3 is 48.3 Å². The average Bonchev–Trinajstić information content (AvgIpc) is 3.27. The molecule has 41 heavy (non-hydrogen) atoms. The average molecular weight is 600 g/mol. The van der Waals surface area contributed by atoms with Crippen molar-refractivity contribution in [3.8, 4) is 11.5 Å². The number of ether oxygens (including phenoxy) is 5. The number of aromatic hydroxyl groups is 1. The highest BCUT2D eigenvalue weighted by atomic mass is 35.5. The molecule has 0 radical (unpaired) electrons. The highest BCUT2D eigenvalue weighted by molar-refractivity contribution is 5.87. The zero-order valence-corrected chi connectivity index (χ0v) is 25.2. The van der Waals surface area contributed by atoms with Crippen LogP contribution in [-0.2, 0) is 25.4 Å². The van der Waals surface area contributed by atoms with Crippen LogP contribution in [0, 0.1) is 6.92 Å². The Balaban J connectivity index is 0.000000221. The van der Waals surface area contributed by atoms with Crippen LogP contribution >= 0.6 is 12.4 Å². The van der Waals surface area contributed by atoms with E-state index in [0.29, 0.717) is 42.3 Å². The Hall–Kier alpha value is -2.22. The highest BCUT2D eigenvalue weighted by Crippen LogP contribution is 2.40. The number of phenolic OH excluding ortho intramolecular Hbond substituents is 1. The lowest BCUT2D eigenvalue weighted by Crippen LogP contribution is -2.44. The fraction of sp³-hybridized carbons (Fsp3) is 0.621. The van der Waals surface area contributed by atoms with Crippen molar-refractivity contribution in [3.05, 3.63) is 45.3 Å². The molecule has 3 aliphatic rings. The molecule has 5 rings (SSSR count). The molecule has 4 heterocycles. The fourth-order valence-electron chi connectivity index (χ4n) is 5.00. The number of aryl methyl sites for hydroxylation is 1. The molecule has 230 valence electrons. The van der Waals surface area contributed by atoms with E-state index in [1.54, 1.807) is 13.0 Å². The third-order valence-corrected chi connectivity index (χ3v) is 6.94. The smallest absolute Gasteiger partial charge is 0.196 e. The topological polar surface area (TPSA) is 140 Å². The van der Waals surface area contributed by atoms with Gasteiger partial charge in [-0.05, 0) is 66.7 Å². The molecule has 3 N–H and O–H groups in total. The second-order valence-corrected chi connectivity index (χ2v) is 11.2. The summed E-state index contributed by atoms with van der Waals surface area (Å²) in [6.07, 6.45) is 0.373. The van der Waals surface area contributed by atoms with Gasteiger partial charge >= 0.3 is 0 Å². The molecule has 2 saturated heterocycles. The second-order valence-electron chi connectivity index (χ2n) is 11.2. The number of phenols is 1. The van der Waals surface area contributed by atoms with Gasteiger partial charge in [0.2, 0.25) is 0 Å². The zero-order chi connectivity index (χ0) is 29.2. The summed E-state index contributed by atoms with van der Waals surface area (Å²) in [6.45, 7) is 8.85. The Kier molecular flexibility index (Phi) is 11.2. The monoisotopic (exact) mass is 599 g/mol. The van der Waals surface area contributed by atoms with Crippen LogP contribution in [0.5, 0.6) is 11.5 Å². The lowest BCUT2D eigenvalue weighted by molar-refractivity contribution is -0.231. The fourth-order valence-corrected chi connectivity index (χ4v) is 5.00. The molecular weight excluding hydrogens is 558 g/mol. The third kappa shape index (κ3) is 7.79. The summed E-state index contributed by atoms with van der Waals surface area (Å²) in [4.78, 5) is 14.1. The van der Waals surface area contributed by atoms with E-state index in [4.69, 9.17) is 33.2 Å². The van der Waals surface area contributed by atoms with Gasteiger partial charge in [-0.15, -0.1) is 12.4 Å². The first-order chi connectivity index (χ1) is 18.9. The molecule has 2 aromatic rings. The normalized spacial score (nSPS) is 25.2. The standard InChI is InChI=1S/C15H14O4.C14H27NO6.ClH/c1-8-3-4-10-12(18-7-8)6-13-14(15(10)17)11(16)5-9(2)19-13;1-14(2)20-12-11(18-7-5-6-15(3)4)10(9(17)8-16)19-13(12)21-14;/h3,5-6,17H,4,7H2,1-2H3;9-13,16-17H,5-8H2,1-4H3;1H. The lowest BCUT2D eigenvalue weighted by atomic mass is 10.0. The van der Waals surface area contributed by atoms with Gasteiger partial charge in [-0.25, -0.2) is 0 Å². The van der Waals surface area contributed by atoms with Gasteiger partial charge in [0, 0.05) is 24.3 Å². The maximum atomic E-state index is 12.0. The van der Waals surface area contributed by atoms with Crippen LogP contribution in [0.15, 0.2) is 33.0 Å². The Morgan fingerprint density at radius 1 is 1.20 bits per heavy atom. The van der Waals surface area contributed by atoms with E-state index >= 15 is 0 Å². The number of rotatable bonds is 7. The van der Waals surface area contributed by atoms with Crippen molar-refractivity contribution < 1.29 is 43.4 Å². The molecule has 0 amide bonds. The molecule has 5 atom stereocenters. The lowest BCUT2D eigenvalue weighted by Gasteiger charge is -2.28. The van der Waals surface area contributed by atoms with Gasteiger partial charge in [0.1, 0.15) is 59.3 Å². The molecular formula is C29H42ClNO10. The Labute approximate surface area is 246 Å². The van der Waals surface area contributed by atoms with Gasteiger partial charge in [0.05, 0.1) is 6.61 Å². The van der Waals surface area contributed by atoms with E-state index < -0.39 is 30.4 Å². The molecule has 0 spiro atoms. The quantitative estimate of drug-likeness (QED) is 0.319. The van der Waals surface area contributed by atoms with Crippen LogP contribution in [0.1, 0.15) is 38.5 Å². The molecule has 0 aliphatic carbocycles. The molecule has 0 bridgehead atoms. The van der Waals surface area contributed by atoms with E-state index in [2.05, 4.69) is 4.90 Å². The maximum absolute atomic E-state index is 12.0. The minimum atomic E-state index is -1.01. The first-order valence-corrected chi connectivity index (χ1v) is 13.5. The Bertz CT molecular complexity index is 1280. The molecule has 3 aliphatic heterocycles. The summed E-state index contributed by atoms with van der Waals surface area (Å²) in [5.74, 6) is 0.328. The van der Waals surface area contributed by atoms with E-state index in [0.717, 1.165) is 18.5 Å². The number of aliphatic hydroxyl groups is 2. The summed E-state index contributed by atoms with van der Waals surface area (Å²) in [6, 6.07) is 3.07. The first kappa shape index (κ1) is 33.3. The zero-order valence-electron chi connectivity index (χ0n) is 24.4. The molecule has 5 unspecified atom stereocenters. The molecule has 12 heteroatoms. The summed E-state index contributed by atoms with van der Waals surface area (Å²) in [5, 5.41) is 29.6. The largest absolute Gasteiger partial charge is 0.507 e. The summed E-state index contributed by atoms with van der Waals surface area (Å²) < 4.78 is 34.1. The van der Waals surface area contributed by atoms with Crippen molar-refractivity contribution in [3.63, 3.8) is 0 Å². The predicted molar refractivity (Wildman–Crippen MR) is 154 cm³/mol. The molecule has 1 aromatic carbocycles. The summed E-state index contributed by atoms with van der Waals surface area (Å²) in [5.41, 5.74) is 1.86. The van der Waals surface area contributed by atoms with Crippen LogP contribution in [0.25, 0.3) is 11.0 Å². The number of hydrogen-bond donors (Lipinski definition) is 3. The van der Waals surface area contributed by atoms with Crippen molar-refractivity contribution in [2.75, 3.05) is 40.5 Å². The van der Waals surface area contributed by atoms with Crippen molar-refractivity contribution in [1.29, 1.82) is 0 Å². The van der Waals surface area contributed by atoms with Gasteiger partial charge in [0.25, 0.3) is 0 Å². The number of aliphatic hydroxyl groups excluding tert-OH is 2. The molecule has 1 aromatic heterocycles. The molecule has 0 saturated carbocycles. The predicted octanol–water partition coefficient (Wildman–Crippen LogP) is 2.66. The Morgan fingerprint density at radius 3 is 2.61 bits per heavy atom. The maximum Gasteiger partial charge on any atom is 0.196 e. The van der Waals surface area contributed by atoms with Crippen LogP contribution in [-0.4, -0.2) is 97.2 Å². The third-order valence-electron chi connectivity index (χ3n) is 6.94. The Morgan fingerprint density at radius 2 is 1.93 bits per heavy atom. The number of hydrogen-bond acceptors (Lipinski definition) is 11. The van der Waals surface area contributed by atoms with E-state index in [-0.39, 0.29) is 41.7 Å². The summed E-state index contributed by atoms with van der Waals surface area (Å²) in [7, 11) is 4.01. The van der Waals surface area contributed by atoms with E-state index in [9.17, 15) is 15.0 Å². The van der Waals surface area contributed by atoms with Crippen molar-refractivity contribution >= 4 is 23.4 Å². The van der Waals surface area contributed by atoms with Crippen LogP contribution in [0.4, 0.5) is 0 Å². The number of nitrogens with zero attached hydrogens (tertiary/aromatic N) is 1. The van der Waals surface area contributed by atoms with Gasteiger partial charge in [-0.2, -0.15) is 0 Å². The molecule has 11 nitrogen and oxygen atoms in total. The minimum absolute atomic E-state index is 0. The minimum Gasteiger partial charge on any atom is -0.507 e. The number of halogens is 1. The number of fused-ring (bicyclic) bond motifs is 3. The second kappa shape index (κ2) is 13.8. The van der Waals surface area contributed by atoms with Crippen molar-refractivity contribution in [1.82, 2.24) is 4.90 Å². The van der Waals surface area contributed by atoms with Crippen LogP contribution < -0.4 is 10.2 Å². The van der Waals surface area contributed by atoms with Crippen LogP contribution in [0.2, 0.25) is 0 Å². The number of allylic oxidation sites excluding steroid dienone is 1.